The van der Waals surface area contributed by atoms with Crippen molar-refractivity contribution in [2.24, 2.45) is 0 Å². The Bertz CT molecular complexity index is 451. The summed E-state index contributed by atoms with van der Waals surface area (Å²) < 4.78 is 0. The Morgan fingerprint density at radius 1 is 1.06 bits per heavy atom. The molecule has 2 aromatic rings. The van der Waals surface area contributed by atoms with Gasteiger partial charge in [-0.1, -0.05) is 42.5 Å². The average Bonchev–Trinajstić information content (AvgIpc) is 2.38. The van der Waals surface area contributed by atoms with Gasteiger partial charge < -0.3 is 5.32 Å². The van der Waals surface area contributed by atoms with Crippen molar-refractivity contribution in [2.45, 2.75) is 6.54 Å². The molecule has 0 saturated carbocycles. The van der Waals surface area contributed by atoms with E-state index in [2.05, 4.69) is 11.4 Å². The lowest BCUT2D eigenvalue weighted by Gasteiger charge is -2.04. The van der Waals surface area contributed by atoms with Crippen LogP contribution in [0.5, 0.6) is 0 Å². The highest BCUT2D eigenvalue weighted by molar-refractivity contribution is 5.94. The summed E-state index contributed by atoms with van der Waals surface area (Å²) in [6, 6.07) is 19.7. The summed E-state index contributed by atoms with van der Waals surface area (Å²) in [6.45, 7) is 0.544. The van der Waals surface area contributed by atoms with Crippen molar-refractivity contribution in [1.29, 1.82) is 0 Å². The van der Waals surface area contributed by atoms with Gasteiger partial charge in [-0.25, -0.2) is 0 Å². The van der Waals surface area contributed by atoms with Gasteiger partial charge >= 0.3 is 0 Å². The maximum Gasteiger partial charge on any atom is 0.251 e. The Morgan fingerprint density at radius 3 is 2.44 bits per heavy atom. The molecule has 1 N–H and O–H groups in total. The molecule has 16 heavy (non-hydrogen) atoms. The Labute approximate surface area is 94.9 Å². The van der Waals surface area contributed by atoms with E-state index >= 15 is 0 Å². The van der Waals surface area contributed by atoms with E-state index in [4.69, 9.17) is 0 Å². The summed E-state index contributed by atoms with van der Waals surface area (Å²) in [5.41, 5.74) is 1.76. The zero-order valence-corrected chi connectivity index (χ0v) is 8.81. The summed E-state index contributed by atoms with van der Waals surface area (Å²) >= 11 is 0. The molecule has 1 amide bonds. The summed E-state index contributed by atoms with van der Waals surface area (Å²) in [6.07, 6.45) is 0. The molecule has 1 radical (unpaired) electrons. The molecule has 0 heterocycles. The van der Waals surface area contributed by atoms with Gasteiger partial charge in [0, 0.05) is 12.1 Å². The van der Waals surface area contributed by atoms with E-state index in [-0.39, 0.29) is 5.91 Å². The molecule has 0 unspecified atom stereocenters. The summed E-state index contributed by atoms with van der Waals surface area (Å²) in [7, 11) is 0. The fourth-order valence-electron chi connectivity index (χ4n) is 1.41. The molecule has 0 aliphatic heterocycles. The van der Waals surface area contributed by atoms with E-state index in [0.717, 1.165) is 5.56 Å². The van der Waals surface area contributed by atoms with E-state index in [1.54, 1.807) is 12.1 Å². The minimum Gasteiger partial charge on any atom is -0.348 e. The number of carbonyl (C=O) groups is 1. The molecule has 0 bridgehead atoms. The third kappa shape index (κ3) is 2.70. The molecule has 0 atom stereocenters. The van der Waals surface area contributed by atoms with Crippen LogP contribution in [0.1, 0.15) is 15.9 Å². The van der Waals surface area contributed by atoms with Gasteiger partial charge in [-0.2, -0.15) is 0 Å². The van der Waals surface area contributed by atoms with Crippen molar-refractivity contribution in [3.05, 3.63) is 71.8 Å². The molecule has 0 aliphatic rings. The van der Waals surface area contributed by atoms with Crippen LogP contribution in [0, 0.1) is 6.07 Å². The SMILES string of the molecule is O=C(NCc1cc[c]cc1)c1ccccc1. The van der Waals surface area contributed by atoms with Crippen molar-refractivity contribution in [3.8, 4) is 0 Å². The first kappa shape index (κ1) is 10.4. The normalized spacial score (nSPS) is 9.75. The van der Waals surface area contributed by atoms with Crippen molar-refractivity contribution < 1.29 is 4.79 Å². The molecule has 2 nitrogen and oxygen atoms in total. The number of carbonyl (C=O) groups excluding carboxylic acids is 1. The van der Waals surface area contributed by atoms with E-state index < -0.39 is 0 Å². The van der Waals surface area contributed by atoms with Crippen LogP contribution in [0.15, 0.2) is 54.6 Å². The molecule has 79 valence electrons. The van der Waals surface area contributed by atoms with Crippen LogP contribution in [-0.4, -0.2) is 5.91 Å². The van der Waals surface area contributed by atoms with Gasteiger partial charge in [0.2, 0.25) is 0 Å². The maximum atomic E-state index is 11.7. The van der Waals surface area contributed by atoms with Crippen LogP contribution in [-0.2, 0) is 6.54 Å². The van der Waals surface area contributed by atoms with Crippen LogP contribution in [0.3, 0.4) is 0 Å². The monoisotopic (exact) mass is 210 g/mol. The van der Waals surface area contributed by atoms with Crippen LogP contribution in [0.2, 0.25) is 0 Å². The molecule has 0 spiro atoms. The highest BCUT2D eigenvalue weighted by Crippen LogP contribution is 2.00. The van der Waals surface area contributed by atoms with Crippen molar-refractivity contribution in [1.82, 2.24) is 5.32 Å². The maximum absolute atomic E-state index is 11.7. The van der Waals surface area contributed by atoms with Crippen LogP contribution < -0.4 is 5.32 Å². The molecule has 2 aromatic carbocycles. The van der Waals surface area contributed by atoms with Gasteiger partial charge in [0.15, 0.2) is 0 Å². The summed E-state index contributed by atoms with van der Waals surface area (Å²) in [5.74, 6) is -0.0477. The largest absolute Gasteiger partial charge is 0.348 e. The second-order valence-electron chi connectivity index (χ2n) is 3.46. The lowest BCUT2D eigenvalue weighted by molar-refractivity contribution is 0.0951. The van der Waals surface area contributed by atoms with E-state index in [9.17, 15) is 4.79 Å². The number of hydrogen-bond acceptors (Lipinski definition) is 1. The van der Waals surface area contributed by atoms with Gasteiger partial charge in [-0.3, -0.25) is 4.79 Å². The average molecular weight is 210 g/mol. The van der Waals surface area contributed by atoms with Crippen LogP contribution in [0.4, 0.5) is 0 Å². The number of benzene rings is 2. The van der Waals surface area contributed by atoms with Gasteiger partial charge in [-0.05, 0) is 23.8 Å². The summed E-state index contributed by atoms with van der Waals surface area (Å²) in [5, 5.41) is 2.86. The Kier molecular flexibility index (Phi) is 3.34. The fraction of sp³-hybridized carbons (Fsp3) is 0.0714. The summed E-state index contributed by atoms with van der Waals surface area (Å²) in [4.78, 5) is 11.7. The quantitative estimate of drug-likeness (QED) is 0.828. The number of nitrogens with one attached hydrogen (secondary N) is 1. The van der Waals surface area contributed by atoms with E-state index in [1.165, 1.54) is 0 Å². The van der Waals surface area contributed by atoms with E-state index in [1.807, 2.05) is 42.5 Å². The molecule has 2 heteroatoms. The molecular weight excluding hydrogens is 198 g/mol. The Hall–Kier alpha value is -2.09. The zero-order chi connectivity index (χ0) is 11.2. The smallest absolute Gasteiger partial charge is 0.251 e. The molecule has 2 rings (SSSR count). The van der Waals surface area contributed by atoms with Crippen LogP contribution >= 0.6 is 0 Å². The third-order valence-electron chi connectivity index (χ3n) is 2.28. The lowest BCUT2D eigenvalue weighted by Crippen LogP contribution is -2.22. The fourth-order valence-corrected chi connectivity index (χ4v) is 1.41. The second-order valence-corrected chi connectivity index (χ2v) is 3.46. The predicted molar refractivity (Wildman–Crippen MR) is 62.9 cm³/mol. The Balaban J connectivity index is 1.95. The molecule has 0 aromatic heterocycles. The minimum atomic E-state index is -0.0477. The van der Waals surface area contributed by atoms with Crippen molar-refractivity contribution in [2.75, 3.05) is 0 Å². The first-order valence-electron chi connectivity index (χ1n) is 5.14. The van der Waals surface area contributed by atoms with Crippen LogP contribution in [0.25, 0.3) is 0 Å². The molecular formula is C14H12NO. The second kappa shape index (κ2) is 5.12. The molecule has 0 saturated heterocycles. The van der Waals surface area contributed by atoms with Crippen molar-refractivity contribution >= 4 is 5.91 Å². The van der Waals surface area contributed by atoms with Gasteiger partial charge in [0.1, 0.15) is 0 Å². The number of hydrogen-bond donors (Lipinski definition) is 1. The van der Waals surface area contributed by atoms with Crippen molar-refractivity contribution in [3.63, 3.8) is 0 Å². The van der Waals surface area contributed by atoms with Gasteiger partial charge in [0.25, 0.3) is 5.91 Å². The van der Waals surface area contributed by atoms with Gasteiger partial charge in [-0.15, -0.1) is 0 Å². The van der Waals surface area contributed by atoms with Gasteiger partial charge in [0.05, 0.1) is 0 Å². The predicted octanol–water partition coefficient (Wildman–Crippen LogP) is 2.42. The highest BCUT2D eigenvalue weighted by atomic mass is 16.1. The molecule has 0 fully saturated rings. The minimum absolute atomic E-state index is 0.0477. The topological polar surface area (TPSA) is 29.1 Å². The standard InChI is InChI=1S/C14H12NO/c16-14(13-9-5-2-6-10-13)15-11-12-7-3-1-4-8-12/h2-10H,11H2,(H,15,16). The van der Waals surface area contributed by atoms with E-state index in [0.29, 0.717) is 12.1 Å². The Morgan fingerprint density at radius 2 is 1.75 bits per heavy atom. The first-order valence-corrected chi connectivity index (χ1v) is 5.14. The highest BCUT2D eigenvalue weighted by Gasteiger charge is 2.02. The number of amides is 1. The first-order chi connectivity index (χ1) is 7.86. The zero-order valence-electron chi connectivity index (χ0n) is 8.81. The lowest BCUT2D eigenvalue weighted by atomic mass is 10.2. The number of rotatable bonds is 3. The molecule has 0 aliphatic carbocycles. The third-order valence-corrected chi connectivity index (χ3v) is 2.28.